The van der Waals surface area contributed by atoms with Crippen LogP contribution in [0.5, 0.6) is 5.75 Å². The van der Waals surface area contributed by atoms with Gasteiger partial charge in [0, 0.05) is 29.6 Å². The Bertz CT molecular complexity index is 1060. The number of hydrogen-bond acceptors (Lipinski definition) is 5. The highest BCUT2D eigenvalue weighted by Crippen LogP contribution is 2.26. The molecule has 1 aromatic heterocycles. The van der Waals surface area contributed by atoms with Crippen LogP contribution in [0.15, 0.2) is 54.6 Å². The zero-order valence-electron chi connectivity index (χ0n) is 17.2. The molecule has 3 aromatic rings. The van der Waals surface area contributed by atoms with Gasteiger partial charge in [-0.15, -0.1) is 11.3 Å². The second-order valence-corrected chi connectivity index (χ2v) is 9.08. The minimum atomic E-state index is -0.0302. The molecule has 0 aliphatic carbocycles. The van der Waals surface area contributed by atoms with Crippen LogP contribution in [0.1, 0.15) is 43.6 Å². The van der Waals surface area contributed by atoms with E-state index in [4.69, 9.17) is 16.3 Å². The third-order valence-electron chi connectivity index (χ3n) is 5.42. The highest BCUT2D eigenvalue weighted by atomic mass is 35.5. The van der Waals surface area contributed by atoms with Crippen LogP contribution in [-0.2, 0) is 6.61 Å². The van der Waals surface area contributed by atoms with Gasteiger partial charge in [0.15, 0.2) is 5.78 Å². The number of likely N-dealkylation sites (tertiary alicyclic amines) is 1. The number of aryl methyl sites for hydroxylation is 1. The van der Waals surface area contributed by atoms with E-state index in [2.05, 4.69) is 4.98 Å². The number of benzene rings is 2. The Morgan fingerprint density at radius 3 is 2.45 bits per heavy atom. The Hall–Kier alpha value is -2.70. The van der Waals surface area contributed by atoms with Gasteiger partial charge in [-0.1, -0.05) is 41.9 Å². The average molecular weight is 455 g/mol. The van der Waals surface area contributed by atoms with Crippen molar-refractivity contribution in [3.05, 3.63) is 80.8 Å². The van der Waals surface area contributed by atoms with Crippen LogP contribution < -0.4 is 4.74 Å². The summed E-state index contributed by atoms with van der Waals surface area (Å²) in [5, 5.41) is 1.41. The number of piperidine rings is 1. The molecule has 0 saturated carbocycles. The van der Waals surface area contributed by atoms with E-state index in [1.54, 1.807) is 24.3 Å². The minimum absolute atomic E-state index is 0.0154. The van der Waals surface area contributed by atoms with Crippen molar-refractivity contribution < 1.29 is 14.3 Å². The van der Waals surface area contributed by atoms with E-state index in [1.807, 2.05) is 42.2 Å². The molecule has 0 bridgehead atoms. The number of amides is 1. The molecular formula is C24H23ClN2O3S. The van der Waals surface area contributed by atoms with Gasteiger partial charge < -0.3 is 9.64 Å². The first-order chi connectivity index (χ1) is 15.0. The van der Waals surface area contributed by atoms with Crippen molar-refractivity contribution in [3.8, 4) is 5.75 Å². The average Bonchev–Trinajstić information content (AvgIpc) is 3.19. The molecule has 4 rings (SSSR count). The smallest absolute Gasteiger partial charge is 0.265 e. The maximum Gasteiger partial charge on any atom is 0.265 e. The Labute approximate surface area is 190 Å². The van der Waals surface area contributed by atoms with E-state index in [0.717, 1.165) is 10.6 Å². The molecule has 1 saturated heterocycles. The van der Waals surface area contributed by atoms with E-state index < -0.39 is 0 Å². The monoisotopic (exact) mass is 454 g/mol. The number of halogens is 1. The van der Waals surface area contributed by atoms with Crippen molar-refractivity contribution >= 4 is 34.6 Å². The van der Waals surface area contributed by atoms with Crippen LogP contribution in [0, 0.1) is 12.8 Å². The maximum absolute atomic E-state index is 13.0. The fourth-order valence-electron chi connectivity index (χ4n) is 3.71. The second kappa shape index (κ2) is 9.62. The Balaban J connectivity index is 1.34. The van der Waals surface area contributed by atoms with Crippen molar-refractivity contribution in [3.63, 3.8) is 0 Å². The summed E-state index contributed by atoms with van der Waals surface area (Å²) in [6, 6.07) is 16.5. The van der Waals surface area contributed by atoms with E-state index in [9.17, 15) is 9.59 Å². The highest BCUT2D eigenvalue weighted by molar-refractivity contribution is 7.13. The molecule has 1 aliphatic rings. The summed E-state index contributed by atoms with van der Waals surface area (Å²) in [6.45, 7) is 3.31. The van der Waals surface area contributed by atoms with Gasteiger partial charge in [-0.2, -0.15) is 0 Å². The van der Waals surface area contributed by atoms with Crippen LogP contribution in [0.2, 0.25) is 5.02 Å². The number of carbonyl (C=O) groups is 2. The lowest BCUT2D eigenvalue weighted by molar-refractivity contribution is 0.0653. The van der Waals surface area contributed by atoms with Crippen molar-refractivity contribution in [2.75, 3.05) is 13.1 Å². The van der Waals surface area contributed by atoms with Gasteiger partial charge in [-0.25, -0.2) is 4.98 Å². The first-order valence-corrected chi connectivity index (χ1v) is 11.4. The predicted octanol–water partition coefficient (Wildman–Crippen LogP) is 5.42. The number of carbonyl (C=O) groups excluding carboxylic acids is 2. The lowest BCUT2D eigenvalue weighted by Crippen LogP contribution is -2.40. The molecule has 0 radical (unpaired) electrons. The highest BCUT2D eigenvalue weighted by Gasteiger charge is 2.30. The molecule has 2 heterocycles. The topological polar surface area (TPSA) is 59.5 Å². The Morgan fingerprint density at radius 1 is 1.10 bits per heavy atom. The number of rotatable bonds is 6. The fraction of sp³-hybridized carbons (Fsp3) is 0.292. The molecule has 2 aromatic carbocycles. The van der Waals surface area contributed by atoms with Gasteiger partial charge in [0.05, 0.1) is 5.69 Å². The summed E-state index contributed by atoms with van der Waals surface area (Å²) in [7, 11) is 0. The quantitative estimate of drug-likeness (QED) is 0.466. The standard InChI is InChI=1S/C24H23ClN2O3S/c1-16-23(31-21(26-16)15-30-20-9-7-19(25)8-10-20)24(29)27-13-11-18(12-14-27)22(28)17-5-3-2-4-6-17/h2-10,18H,11-15H2,1H3. The molecule has 5 nitrogen and oxygen atoms in total. The van der Waals surface area contributed by atoms with Crippen LogP contribution in [0.4, 0.5) is 0 Å². The maximum atomic E-state index is 13.0. The Kier molecular flexibility index (Phi) is 6.68. The largest absolute Gasteiger partial charge is 0.486 e. The van der Waals surface area contributed by atoms with Gasteiger partial charge in [0.1, 0.15) is 22.2 Å². The second-order valence-electron chi connectivity index (χ2n) is 7.56. The van der Waals surface area contributed by atoms with E-state index in [-0.39, 0.29) is 17.6 Å². The van der Waals surface area contributed by atoms with Gasteiger partial charge in [-0.3, -0.25) is 9.59 Å². The van der Waals surface area contributed by atoms with Gasteiger partial charge in [0.25, 0.3) is 5.91 Å². The number of aromatic nitrogens is 1. The fourth-order valence-corrected chi connectivity index (χ4v) is 4.79. The van der Waals surface area contributed by atoms with Crippen molar-refractivity contribution in [2.45, 2.75) is 26.4 Å². The molecule has 0 spiro atoms. The number of thiazole rings is 1. The van der Waals surface area contributed by atoms with Crippen LogP contribution in [-0.4, -0.2) is 34.7 Å². The van der Waals surface area contributed by atoms with Crippen molar-refractivity contribution in [1.82, 2.24) is 9.88 Å². The molecular weight excluding hydrogens is 432 g/mol. The molecule has 7 heteroatoms. The third-order valence-corrected chi connectivity index (χ3v) is 6.79. The molecule has 31 heavy (non-hydrogen) atoms. The van der Waals surface area contributed by atoms with E-state index >= 15 is 0 Å². The molecule has 0 atom stereocenters. The van der Waals surface area contributed by atoms with E-state index in [1.165, 1.54) is 11.3 Å². The summed E-state index contributed by atoms with van der Waals surface area (Å²) >= 11 is 7.26. The zero-order valence-corrected chi connectivity index (χ0v) is 18.8. The van der Waals surface area contributed by atoms with Gasteiger partial charge >= 0.3 is 0 Å². The number of nitrogens with zero attached hydrogens (tertiary/aromatic N) is 2. The molecule has 1 amide bonds. The van der Waals surface area contributed by atoms with E-state index in [0.29, 0.717) is 53.9 Å². The van der Waals surface area contributed by atoms with Gasteiger partial charge in [-0.05, 0) is 44.0 Å². The first kappa shape index (κ1) is 21.5. The molecule has 1 aliphatic heterocycles. The summed E-state index contributed by atoms with van der Waals surface area (Å²) < 4.78 is 5.75. The predicted molar refractivity (Wildman–Crippen MR) is 122 cm³/mol. The summed E-state index contributed by atoms with van der Waals surface area (Å²) in [6.07, 6.45) is 1.37. The van der Waals surface area contributed by atoms with Crippen LogP contribution in [0.25, 0.3) is 0 Å². The van der Waals surface area contributed by atoms with Gasteiger partial charge in [0.2, 0.25) is 0 Å². The van der Waals surface area contributed by atoms with Crippen molar-refractivity contribution in [2.24, 2.45) is 5.92 Å². The van der Waals surface area contributed by atoms with Crippen LogP contribution in [0.3, 0.4) is 0 Å². The lowest BCUT2D eigenvalue weighted by atomic mass is 9.89. The Morgan fingerprint density at radius 2 is 1.77 bits per heavy atom. The summed E-state index contributed by atoms with van der Waals surface area (Å²) in [5.41, 5.74) is 1.46. The third kappa shape index (κ3) is 5.14. The van der Waals surface area contributed by atoms with Crippen molar-refractivity contribution in [1.29, 1.82) is 0 Å². The number of ether oxygens (including phenoxy) is 1. The zero-order chi connectivity index (χ0) is 21.8. The summed E-state index contributed by atoms with van der Waals surface area (Å²) in [5.74, 6) is 0.828. The number of ketones is 1. The lowest BCUT2D eigenvalue weighted by Gasteiger charge is -2.31. The molecule has 0 unspecified atom stereocenters. The minimum Gasteiger partial charge on any atom is -0.486 e. The summed E-state index contributed by atoms with van der Waals surface area (Å²) in [4.78, 5) is 32.7. The number of hydrogen-bond donors (Lipinski definition) is 0. The molecule has 160 valence electrons. The SMILES string of the molecule is Cc1nc(COc2ccc(Cl)cc2)sc1C(=O)N1CCC(C(=O)c2ccccc2)CC1. The first-order valence-electron chi connectivity index (χ1n) is 10.2. The van der Waals surface area contributed by atoms with Crippen LogP contribution >= 0.6 is 22.9 Å². The molecule has 1 fully saturated rings. The number of Topliss-reactive ketones (excluding diaryl/α,β-unsaturated/α-hetero) is 1. The normalized spacial score (nSPS) is 14.5. The molecule has 0 N–H and O–H groups in total.